The van der Waals surface area contributed by atoms with Gasteiger partial charge in [-0.2, -0.15) is 0 Å². The number of terminal acetylenes is 1. The Bertz CT molecular complexity index is 816. The average Bonchev–Trinajstić information content (AvgIpc) is 3.00. The second-order valence-corrected chi connectivity index (χ2v) is 4.68. The maximum absolute atomic E-state index is 11.3. The molecule has 7 heteroatoms. The Morgan fingerprint density at radius 2 is 2.22 bits per heavy atom. The summed E-state index contributed by atoms with van der Waals surface area (Å²) in [6.45, 7) is -0.110. The van der Waals surface area contributed by atoms with Crippen LogP contribution in [-0.2, 0) is 9.53 Å². The highest BCUT2D eigenvalue weighted by Gasteiger charge is 2.15. The van der Waals surface area contributed by atoms with Crippen molar-refractivity contribution in [2.24, 2.45) is 0 Å². The van der Waals surface area contributed by atoms with Crippen LogP contribution < -0.4 is 0 Å². The van der Waals surface area contributed by atoms with Crippen molar-refractivity contribution in [2.75, 3.05) is 6.61 Å². The van der Waals surface area contributed by atoms with Crippen molar-refractivity contribution in [1.29, 1.82) is 0 Å². The molecule has 0 saturated heterocycles. The highest BCUT2D eigenvalue weighted by atomic mass is 35.5. The molecule has 0 saturated carbocycles. The van der Waals surface area contributed by atoms with Crippen molar-refractivity contribution >= 4 is 29.3 Å². The molecule has 23 heavy (non-hydrogen) atoms. The molecule has 2 aromatic rings. The minimum atomic E-state index is -0.594. The second-order valence-electron chi connectivity index (χ2n) is 4.27. The molecule has 0 atom stereocenters. The molecule has 0 unspecified atom stereocenters. The van der Waals surface area contributed by atoms with Gasteiger partial charge in [0.25, 0.3) is 5.69 Å². The van der Waals surface area contributed by atoms with Crippen LogP contribution in [0, 0.1) is 22.5 Å². The number of furan rings is 1. The minimum Gasteiger partial charge on any atom is -0.457 e. The van der Waals surface area contributed by atoms with E-state index in [4.69, 9.17) is 22.4 Å². The zero-order chi connectivity index (χ0) is 16.8. The van der Waals surface area contributed by atoms with E-state index < -0.39 is 10.9 Å². The molecule has 0 aliphatic carbocycles. The van der Waals surface area contributed by atoms with E-state index in [1.54, 1.807) is 18.2 Å². The Morgan fingerprint density at radius 1 is 1.43 bits per heavy atom. The smallest absolute Gasteiger partial charge is 0.331 e. The lowest BCUT2D eigenvalue weighted by atomic mass is 10.1. The summed E-state index contributed by atoms with van der Waals surface area (Å²) in [6.07, 6.45) is 7.55. The van der Waals surface area contributed by atoms with Crippen LogP contribution in [0.25, 0.3) is 17.4 Å². The van der Waals surface area contributed by atoms with Crippen LogP contribution in [0.4, 0.5) is 5.69 Å². The van der Waals surface area contributed by atoms with Gasteiger partial charge in [-0.1, -0.05) is 17.5 Å². The van der Waals surface area contributed by atoms with Crippen LogP contribution in [0.3, 0.4) is 0 Å². The molecule has 0 amide bonds. The Morgan fingerprint density at radius 3 is 2.91 bits per heavy atom. The molecule has 2 rings (SSSR count). The molecule has 0 fully saturated rings. The summed E-state index contributed by atoms with van der Waals surface area (Å²) in [6, 6.07) is 7.57. The first kappa shape index (κ1) is 16.3. The first-order valence-corrected chi connectivity index (χ1v) is 6.71. The van der Waals surface area contributed by atoms with Crippen molar-refractivity contribution in [3.05, 3.63) is 57.3 Å². The number of nitro benzene ring substituents is 1. The molecule has 0 radical (unpaired) electrons. The van der Waals surface area contributed by atoms with Gasteiger partial charge in [0.05, 0.1) is 4.92 Å². The summed E-state index contributed by atoms with van der Waals surface area (Å²) in [5, 5.41) is 10.9. The molecular formula is C16H10ClNO5. The Balaban J connectivity index is 2.18. The molecule has 116 valence electrons. The van der Waals surface area contributed by atoms with Gasteiger partial charge in [-0.05, 0) is 30.3 Å². The lowest BCUT2D eigenvalue weighted by Crippen LogP contribution is -1.99. The van der Waals surface area contributed by atoms with Crippen LogP contribution in [0.15, 0.2) is 40.8 Å². The largest absolute Gasteiger partial charge is 0.457 e. The van der Waals surface area contributed by atoms with Gasteiger partial charge >= 0.3 is 5.97 Å². The third kappa shape index (κ3) is 4.22. The van der Waals surface area contributed by atoms with E-state index >= 15 is 0 Å². The molecule has 0 aliphatic rings. The van der Waals surface area contributed by atoms with Crippen molar-refractivity contribution in [2.45, 2.75) is 0 Å². The lowest BCUT2D eigenvalue weighted by molar-refractivity contribution is -0.384. The summed E-state index contributed by atoms with van der Waals surface area (Å²) in [4.78, 5) is 21.6. The van der Waals surface area contributed by atoms with Gasteiger partial charge in [0.2, 0.25) is 0 Å². The van der Waals surface area contributed by atoms with Gasteiger partial charge < -0.3 is 9.15 Å². The maximum atomic E-state index is 11.3. The van der Waals surface area contributed by atoms with E-state index in [9.17, 15) is 14.9 Å². The molecule has 0 N–H and O–H groups in total. The molecule has 0 spiro atoms. The molecule has 0 bridgehead atoms. The number of halogens is 1. The highest BCUT2D eigenvalue weighted by Crippen LogP contribution is 2.31. The van der Waals surface area contributed by atoms with Crippen LogP contribution in [-0.4, -0.2) is 17.5 Å². The Kier molecular flexibility index (Phi) is 5.18. The number of nitrogens with zero attached hydrogens (tertiary/aromatic N) is 1. The zero-order valence-electron chi connectivity index (χ0n) is 11.7. The average molecular weight is 332 g/mol. The highest BCUT2D eigenvalue weighted by molar-refractivity contribution is 6.32. The van der Waals surface area contributed by atoms with Crippen molar-refractivity contribution in [3.63, 3.8) is 0 Å². The number of ether oxygens (including phenoxy) is 1. The van der Waals surface area contributed by atoms with Crippen molar-refractivity contribution in [1.82, 2.24) is 0 Å². The SMILES string of the molecule is C#CCOC(=O)/C=C/c1ccc(-c2ccc(Cl)c([N+](=O)[O-])c2)o1. The minimum absolute atomic E-state index is 0.0432. The van der Waals surface area contributed by atoms with Gasteiger partial charge in [0.1, 0.15) is 16.5 Å². The summed E-state index contributed by atoms with van der Waals surface area (Å²) in [5.74, 6) is 2.37. The van der Waals surface area contributed by atoms with E-state index in [1.807, 2.05) is 0 Å². The molecule has 6 nitrogen and oxygen atoms in total. The van der Waals surface area contributed by atoms with Gasteiger partial charge in [-0.25, -0.2) is 4.79 Å². The summed E-state index contributed by atoms with van der Waals surface area (Å²) in [5.41, 5.74) is 0.283. The van der Waals surface area contributed by atoms with Crippen molar-refractivity contribution < 1.29 is 18.9 Å². The first-order valence-electron chi connectivity index (χ1n) is 6.33. The van der Waals surface area contributed by atoms with E-state index in [0.29, 0.717) is 17.1 Å². The fraction of sp³-hybridized carbons (Fsp3) is 0.0625. The quantitative estimate of drug-likeness (QED) is 0.274. The Labute approximate surface area is 136 Å². The van der Waals surface area contributed by atoms with Gasteiger partial charge in [-0.3, -0.25) is 10.1 Å². The van der Waals surface area contributed by atoms with Crippen LogP contribution in [0.5, 0.6) is 0 Å². The number of hydrogen-bond donors (Lipinski definition) is 0. The third-order valence-corrected chi connectivity index (χ3v) is 3.06. The maximum Gasteiger partial charge on any atom is 0.331 e. The van der Waals surface area contributed by atoms with Gasteiger partial charge in [-0.15, -0.1) is 6.42 Å². The van der Waals surface area contributed by atoms with Crippen molar-refractivity contribution in [3.8, 4) is 23.7 Å². The number of carbonyl (C=O) groups excluding carboxylic acids is 1. The topological polar surface area (TPSA) is 82.6 Å². The van der Waals surface area contributed by atoms with Crippen LogP contribution >= 0.6 is 11.6 Å². The fourth-order valence-electron chi connectivity index (χ4n) is 1.71. The molecule has 1 aromatic carbocycles. The molecule has 0 aliphatic heterocycles. The van der Waals surface area contributed by atoms with E-state index in [2.05, 4.69) is 10.7 Å². The number of benzene rings is 1. The monoisotopic (exact) mass is 331 g/mol. The third-order valence-electron chi connectivity index (χ3n) is 2.74. The fourth-order valence-corrected chi connectivity index (χ4v) is 1.90. The number of esters is 1. The van der Waals surface area contributed by atoms with E-state index in [0.717, 1.165) is 0 Å². The predicted octanol–water partition coefficient (Wildman–Crippen LogP) is 3.70. The predicted molar refractivity (Wildman–Crippen MR) is 84.6 cm³/mol. The van der Waals surface area contributed by atoms with Gasteiger partial charge in [0.15, 0.2) is 6.61 Å². The molecule has 1 aromatic heterocycles. The number of rotatable bonds is 5. The first-order chi connectivity index (χ1) is 11.0. The summed E-state index contributed by atoms with van der Waals surface area (Å²) < 4.78 is 10.2. The van der Waals surface area contributed by atoms with E-state index in [1.165, 1.54) is 24.3 Å². The number of nitro groups is 1. The lowest BCUT2D eigenvalue weighted by Gasteiger charge is -1.99. The van der Waals surface area contributed by atoms with E-state index in [-0.39, 0.29) is 17.3 Å². The number of hydrogen-bond acceptors (Lipinski definition) is 5. The molecule has 1 heterocycles. The Hall–Kier alpha value is -3.04. The second kappa shape index (κ2) is 7.29. The van der Waals surface area contributed by atoms with Crippen LogP contribution in [0.2, 0.25) is 5.02 Å². The number of carbonyl (C=O) groups is 1. The standard InChI is InChI=1S/C16H10ClNO5/c1-2-9-22-16(19)8-5-12-4-7-15(23-12)11-3-6-13(17)14(10-11)18(20)21/h1,3-8,10H,9H2/b8-5+. The molecular weight excluding hydrogens is 322 g/mol. The summed E-state index contributed by atoms with van der Waals surface area (Å²) >= 11 is 5.76. The zero-order valence-corrected chi connectivity index (χ0v) is 12.4. The van der Waals surface area contributed by atoms with Gasteiger partial charge in [0, 0.05) is 17.7 Å². The van der Waals surface area contributed by atoms with Crippen LogP contribution in [0.1, 0.15) is 5.76 Å². The summed E-state index contributed by atoms with van der Waals surface area (Å²) in [7, 11) is 0. The normalized spacial score (nSPS) is 10.4.